The topological polar surface area (TPSA) is 42.4 Å². The zero-order valence-corrected chi connectivity index (χ0v) is 12.5. The van der Waals surface area contributed by atoms with Crippen LogP contribution in [0.1, 0.15) is 39.7 Å². The maximum Gasteiger partial charge on any atom is 0.121 e. The predicted molar refractivity (Wildman–Crippen MR) is 79.5 cm³/mol. The lowest BCUT2D eigenvalue weighted by atomic mass is 9.76. The Labute approximate surface area is 119 Å². The number of nitrogens with zero attached hydrogens (tertiary/aromatic N) is 1. The van der Waals surface area contributed by atoms with Crippen LogP contribution in [-0.4, -0.2) is 21.3 Å². The van der Waals surface area contributed by atoms with Crippen LogP contribution in [0.3, 0.4) is 0 Å². The Morgan fingerprint density at radius 1 is 1.10 bits per heavy atom. The molecular formula is C17H21NO2. The van der Waals surface area contributed by atoms with Crippen LogP contribution >= 0.6 is 0 Å². The molecule has 20 heavy (non-hydrogen) atoms. The Bertz CT molecular complexity index is 658. The number of benzene rings is 1. The van der Waals surface area contributed by atoms with E-state index in [4.69, 9.17) is 4.74 Å². The Morgan fingerprint density at radius 3 is 2.50 bits per heavy atom. The summed E-state index contributed by atoms with van der Waals surface area (Å²) in [6, 6.07) is 9.82. The molecule has 1 aliphatic heterocycles. The van der Waals surface area contributed by atoms with Crippen LogP contribution in [0.5, 0.6) is 0 Å². The highest BCUT2D eigenvalue weighted by Gasteiger charge is 2.57. The second kappa shape index (κ2) is 4.03. The van der Waals surface area contributed by atoms with E-state index in [1.165, 1.54) is 0 Å². The van der Waals surface area contributed by atoms with Gasteiger partial charge in [-0.15, -0.1) is 0 Å². The van der Waals surface area contributed by atoms with Crippen molar-refractivity contribution < 1.29 is 9.84 Å². The summed E-state index contributed by atoms with van der Waals surface area (Å²) in [6.45, 7) is 7.96. The van der Waals surface area contributed by atoms with Crippen molar-refractivity contribution in [2.75, 3.05) is 0 Å². The third-order valence-corrected chi connectivity index (χ3v) is 4.30. The number of pyridine rings is 1. The second-order valence-electron chi connectivity index (χ2n) is 6.78. The summed E-state index contributed by atoms with van der Waals surface area (Å²) in [7, 11) is 0. The molecular weight excluding hydrogens is 250 g/mol. The van der Waals surface area contributed by atoms with Crippen molar-refractivity contribution in [3.05, 3.63) is 42.1 Å². The number of fused-ring (bicyclic) bond motifs is 1. The molecule has 106 valence electrons. The van der Waals surface area contributed by atoms with Gasteiger partial charge in [0.15, 0.2) is 0 Å². The van der Waals surface area contributed by atoms with Crippen molar-refractivity contribution in [2.24, 2.45) is 0 Å². The zero-order chi connectivity index (χ0) is 14.6. The lowest BCUT2D eigenvalue weighted by molar-refractivity contribution is -0.129. The van der Waals surface area contributed by atoms with Crippen molar-refractivity contribution in [3.63, 3.8) is 0 Å². The minimum Gasteiger partial charge on any atom is -0.382 e. The number of ether oxygens (including phenoxy) is 1. The average Bonchev–Trinajstić information content (AvgIpc) is 2.53. The third-order valence-electron chi connectivity index (χ3n) is 4.30. The van der Waals surface area contributed by atoms with Crippen molar-refractivity contribution in [1.82, 2.24) is 4.98 Å². The van der Waals surface area contributed by atoms with E-state index < -0.39 is 11.2 Å². The van der Waals surface area contributed by atoms with Crippen molar-refractivity contribution in [3.8, 4) is 0 Å². The molecule has 0 bridgehead atoms. The van der Waals surface area contributed by atoms with Gasteiger partial charge in [0.05, 0.1) is 16.7 Å². The van der Waals surface area contributed by atoms with Crippen LogP contribution in [0.2, 0.25) is 0 Å². The van der Waals surface area contributed by atoms with Crippen molar-refractivity contribution in [1.29, 1.82) is 0 Å². The molecule has 1 unspecified atom stereocenters. The maximum atomic E-state index is 11.4. The highest BCUT2D eigenvalue weighted by atomic mass is 16.5. The molecule has 3 nitrogen and oxygen atoms in total. The van der Waals surface area contributed by atoms with Crippen molar-refractivity contribution >= 4 is 10.9 Å². The monoisotopic (exact) mass is 271 g/mol. The van der Waals surface area contributed by atoms with Crippen LogP contribution < -0.4 is 0 Å². The molecule has 2 aromatic rings. The SMILES string of the molecule is CC1(C)CC(O)(c2cccc3ncccc23)C(C)(C)O1. The molecule has 0 saturated carbocycles. The van der Waals surface area contributed by atoms with E-state index in [9.17, 15) is 5.11 Å². The zero-order valence-electron chi connectivity index (χ0n) is 12.5. The lowest BCUT2D eigenvalue weighted by Crippen LogP contribution is -2.43. The normalized spacial score (nSPS) is 27.9. The molecule has 1 atom stereocenters. The predicted octanol–water partition coefficient (Wildman–Crippen LogP) is 3.40. The van der Waals surface area contributed by atoms with E-state index >= 15 is 0 Å². The summed E-state index contributed by atoms with van der Waals surface area (Å²) in [4.78, 5) is 4.38. The molecule has 0 amide bonds. The fourth-order valence-corrected chi connectivity index (χ4v) is 3.52. The summed E-state index contributed by atoms with van der Waals surface area (Å²) in [5.74, 6) is 0. The number of hydrogen-bond acceptors (Lipinski definition) is 3. The van der Waals surface area contributed by atoms with E-state index in [-0.39, 0.29) is 5.60 Å². The lowest BCUT2D eigenvalue weighted by Gasteiger charge is -2.36. The van der Waals surface area contributed by atoms with Gasteiger partial charge in [-0.3, -0.25) is 4.98 Å². The first-order chi connectivity index (χ1) is 9.25. The third kappa shape index (κ3) is 1.85. The molecule has 3 heteroatoms. The second-order valence-corrected chi connectivity index (χ2v) is 6.78. The van der Waals surface area contributed by atoms with E-state index in [0.717, 1.165) is 16.5 Å². The molecule has 1 N–H and O–H groups in total. The fourth-order valence-electron chi connectivity index (χ4n) is 3.52. The fraction of sp³-hybridized carbons (Fsp3) is 0.471. The van der Waals surface area contributed by atoms with Crippen LogP contribution in [0.4, 0.5) is 0 Å². The van der Waals surface area contributed by atoms with Crippen molar-refractivity contribution in [2.45, 2.75) is 50.9 Å². The quantitative estimate of drug-likeness (QED) is 0.864. The molecule has 1 aliphatic rings. The smallest absolute Gasteiger partial charge is 0.121 e. The largest absolute Gasteiger partial charge is 0.382 e. The number of aromatic nitrogens is 1. The maximum absolute atomic E-state index is 11.4. The molecule has 1 fully saturated rings. The Hall–Kier alpha value is -1.45. The molecule has 1 aromatic heterocycles. The van der Waals surface area contributed by atoms with Gasteiger partial charge in [0, 0.05) is 18.0 Å². The summed E-state index contributed by atoms with van der Waals surface area (Å²) in [5, 5.41) is 12.4. The highest BCUT2D eigenvalue weighted by Crippen LogP contribution is 2.51. The van der Waals surface area contributed by atoms with E-state index in [1.54, 1.807) is 6.20 Å². The first-order valence-electron chi connectivity index (χ1n) is 7.02. The Kier molecular flexibility index (Phi) is 2.72. The molecule has 3 rings (SSSR count). The summed E-state index contributed by atoms with van der Waals surface area (Å²) >= 11 is 0. The van der Waals surface area contributed by atoms with Gasteiger partial charge in [-0.05, 0) is 45.4 Å². The number of rotatable bonds is 1. The van der Waals surface area contributed by atoms with E-state index in [1.807, 2.05) is 58.0 Å². The number of aliphatic hydroxyl groups is 1. The molecule has 0 aliphatic carbocycles. The van der Waals surface area contributed by atoms with Gasteiger partial charge < -0.3 is 9.84 Å². The van der Waals surface area contributed by atoms with Crippen LogP contribution in [0.25, 0.3) is 10.9 Å². The minimum absolute atomic E-state index is 0.345. The van der Waals surface area contributed by atoms with Gasteiger partial charge in [0.25, 0.3) is 0 Å². The summed E-state index contributed by atoms with van der Waals surface area (Å²) in [5.41, 5.74) is -0.194. The first-order valence-corrected chi connectivity index (χ1v) is 7.02. The molecule has 1 aromatic carbocycles. The van der Waals surface area contributed by atoms with Crippen LogP contribution in [-0.2, 0) is 10.3 Å². The standard InChI is InChI=1S/C17H21NO2/c1-15(2)11-17(19,16(3,4)20-15)13-8-5-9-14-12(13)7-6-10-18-14/h5-10,19H,11H2,1-4H3. The van der Waals surface area contributed by atoms with E-state index in [0.29, 0.717) is 6.42 Å². The molecule has 1 saturated heterocycles. The Balaban J connectivity index is 2.25. The highest BCUT2D eigenvalue weighted by molar-refractivity contribution is 5.83. The molecule has 2 heterocycles. The van der Waals surface area contributed by atoms with Gasteiger partial charge in [0.2, 0.25) is 0 Å². The summed E-state index contributed by atoms with van der Waals surface area (Å²) in [6.07, 6.45) is 2.34. The Morgan fingerprint density at radius 2 is 1.85 bits per heavy atom. The van der Waals surface area contributed by atoms with Crippen LogP contribution in [0, 0.1) is 0 Å². The van der Waals surface area contributed by atoms with Gasteiger partial charge in [0.1, 0.15) is 5.60 Å². The van der Waals surface area contributed by atoms with Gasteiger partial charge in [-0.25, -0.2) is 0 Å². The van der Waals surface area contributed by atoms with Gasteiger partial charge >= 0.3 is 0 Å². The molecule has 0 radical (unpaired) electrons. The van der Waals surface area contributed by atoms with Gasteiger partial charge in [-0.1, -0.05) is 18.2 Å². The van der Waals surface area contributed by atoms with Gasteiger partial charge in [-0.2, -0.15) is 0 Å². The number of hydrogen-bond donors (Lipinski definition) is 1. The minimum atomic E-state index is -1.01. The first kappa shape index (κ1) is 13.5. The molecule has 0 spiro atoms. The average molecular weight is 271 g/mol. The van der Waals surface area contributed by atoms with Crippen LogP contribution in [0.15, 0.2) is 36.5 Å². The summed E-state index contributed by atoms with van der Waals surface area (Å²) < 4.78 is 6.08. The van der Waals surface area contributed by atoms with E-state index in [2.05, 4.69) is 4.98 Å².